The van der Waals surface area contributed by atoms with Crippen LogP contribution in [0.1, 0.15) is 38.2 Å². The minimum atomic E-state index is -1.29. The maximum absolute atomic E-state index is 12.6. The molecular formula is C17H22N2O3. The Bertz CT molecular complexity index is 593. The van der Waals surface area contributed by atoms with Gasteiger partial charge < -0.3 is 15.3 Å². The molecule has 1 aliphatic carbocycles. The fourth-order valence-electron chi connectivity index (χ4n) is 3.38. The lowest BCUT2D eigenvalue weighted by Gasteiger charge is -2.26. The van der Waals surface area contributed by atoms with Gasteiger partial charge in [-0.05, 0) is 50.7 Å². The van der Waals surface area contributed by atoms with Crippen molar-refractivity contribution in [2.24, 2.45) is 0 Å². The zero-order valence-electron chi connectivity index (χ0n) is 12.8. The van der Waals surface area contributed by atoms with Gasteiger partial charge in [0.1, 0.15) is 11.6 Å². The van der Waals surface area contributed by atoms with Crippen LogP contribution in [0.25, 0.3) is 0 Å². The molecule has 0 bridgehead atoms. The summed E-state index contributed by atoms with van der Waals surface area (Å²) in [6.45, 7) is 2.32. The number of para-hydroxylation sites is 1. The Morgan fingerprint density at radius 2 is 1.95 bits per heavy atom. The first kappa shape index (κ1) is 15.0. The monoisotopic (exact) mass is 302 g/mol. The van der Waals surface area contributed by atoms with E-state index in [9.17, 15) is 14.7 Å². The van der Waals surface area contributed by atoms with E-state index in [-0.39, 0.29) is 5.91 Å². The topological polar surface area (TPSA) is 69.6 Å². The van der Waals surface area contributed by atoms with Crippen molar-refractivity contribution in [3.05, 3.63) is 29.8 Å². The SMILES string of the molecule is CC(NC(=O)C1(O)CCCC1)C(=O)N1CCc2ccccc21. The highest BCUT2D eigenvalue weighted by atomic mass is 16.3. The van der Waals surface area contributed by atoms with Gasteiger partial charge in [-0.25, -0.2) is 0 Å². The lowest BCUT2D eigenvalue weighted by Crippen LogP contribution is -2.53. The van der Waals surface area contributed by atoms with Gasteiger partial charge in [0.05, 0.1) is 0 Å². The van der Waals surface area contributed by atoms with Crippen molar-refractivity contribution in [2.75, 3.05) is 11.4 Å². The zero-order chi connectivity index (χ0) is 15.7. The first-order chi connectivity index (χ1) is 10.5. The molecule has 1 unspecified atom stereocenters. The summed E-state index contributed by atoms with van der Waals surface area (Å²) in [5.41, 5.74) is 0.786. The first-order valence-electron chi connectivity index (χ1n) is 7.94. The molecule has 2 aliphatic rings. The van der Waals surface area contributed by atoms with E-state index in [0.717, 1.165) is 30.5 Å². The van der Waals surface area contributed by atoms with E-state index < -0.39 is 17.6 Å². The number of nitrogens with zero attached hydrogens (tertiary/aromatic N) is 1. The summed E-state index contributed by atoms with van der Waals surface area (Å²) in [4.78, 5) is 26.5. The number of amides is 2. The lowest BCUT2D eigenvalue weighted by atomic mass is 10.0. The van der Waals surface area contributed by atoms with E-state index in [4.69, 9.17) is 0 Å². The number of carbonyl (C=O) groups excluding carboxylic acids is 2. The molecule has 1 atom stereocenters. The highest BCUT2D eigenvalue weighted by Gasteiger charge is 2.40. The maximum Gasteiger partial charge on any atom is 0.252 e. The summed E-state index contributed by atoms with van der Waals surface area (Å²) in [6, 6.07) is 7.19. The predicted octanol–water partition coefficient (Wildman–Crippen LogP) is 1.39. The summed E-state index contributed by atoms with van der Waals surface area (Å²) in [5.74, 6) is -0.543. The van der Waals surface area contributed by atoms with Crippen LogP contribution in [0.3, 0.4) is 0 Å². The lowest BCUT2D eigenvalue weighted by molar-refractivity contribution is -0.141. The molecule has 1 aromatic rings. The molecule has 1 saturated carbocycles. The molecule has 1 heterocycles. The summed E-state index contributed by atoms with van der Waals surface area (Å²) in [5, 5.41) is 13.0. The Labute approximate surface area is 130 Å². The van der Waals surface area contributed by atoms with Crippen molar-refractivity contribution in [1.82, 2.24) is 5.32 Å². The summed E-state index contributed by atoms with van der Waals surface area (Å²) in [7, 11) is 0. The van der Waals surface area contributed by atoms with Crippen LogP contribution in [0, 0.1) is 0 Å². The number of hydrogen-bond acceptors (Lipinski definition) is 3. The second kappa shape index (κ2) is 5.72. The quantitative estimate of drug-likeness (QED) is 0.886. The molecule has 22 heavy (non-hydrogen) atoms. The fraction of sp³-hybridized carbons (Fsp3) is 0.529. The van der Waals surface area contributed by atoms with Crippen LogP contribution in [-0.2, 0) is 16.0 Å². The van der Waals surface area contributed by atoms with Gasteiger partial charge in [0.2, 0.25) is 5.91 Å². The van der Waals surface area contributed by atoms with Crippen molar-refractivity contribution >= 4 is 17.5 Å². The largest absolute Gasteiger partial charge is 0.380 e. The van der Waals surface area contributed by atoms with Gasteiger partial charge in [0, 0.05) is 12.2 Å². The first-order valence-corrected chi connectivity index (χ1v) is 7.94. The molecule has 5 heteroatoms. The summed E-state index contributed by atoms with van der Waals surface area (Å²) >= 11 is 0. The van der Waals surface area contributed by atoms with Crippen LogP contribution in [-0.4, -0.2) is 35.1 Å². The average Bonchev–Trinajstić information content (AvgIpc) is 3.13. The van der Waals surface area contributed by atoms with E-state index in [2.05, 4.69) is 5.32 Å². The van der Waals surface area contributed by atoms with Crippen molar-refractivity contribution in [2.45, 2.75) is 50.7 Å². The smallest absolute Gasteiger partial charge is 0.252 e. The maximum atomic E-state index is 12.6. The van der Waals surface area contributed by atoms with E-state index in [0.29, 0.717) is 19.4 Å². The van der Waals surface area contributed by atoms with Crippen LogP contribution in [0.15, 0.2) is 24.3 Å². The van der Waals surface area contributed by atoms with Crippen LogP contribution >= 0.6 is 0 Å². The van der Waals surface area contributed by atoms with Crippen molar-refractivity contribution in [3.8, 4) is 0 Å². The third-order valence-electron chi connectivity index (χ3n) is 4.72. The van der Waals surface area contributed by atoms with Crippen molar-refractivity contribution in [1.29, 1.82) is 0 Å². The molecule has 1 aliphatic heterocycles. The summed E-state index contributed by atoms with van der Waals surface area (Å²) < 4.78 is 0. The van der Waals surface area contributed by atoms with Gasteiger partial charge in [0.25, 0.3) is 5.91 Å². The van der Waals surface area contributed by atoms with Gasteiger partial charge in [-0.1, -0.05) is 18.2 Å². The highest BCUT2D eigenvalue weighted by Crippen LogP contribution is 2.30. The number of rotatable bonds is 3. The number of hydrogen-bond donors (Lipinski definition) is 2. The van der Waals surface area contributed by atoms with E-state index in [1.165, 1.54) is 0 Å². The van der Waals surface area contributed by atoms with Gasteiger partial charge in [-0.2, -0.15) is 0 Å². The normalized spacial score (nSPS) is 20.5. The Morgan fingerprint density at radius 3 is 2.68 bits per heavy atom. The molecule has 2 amide bonds. The Balaban J connectivity index is 1.67. The third kappa shape index (κ3) is 2.61. The van der Waals surface area contributed by atoms with Crippen LogP contribution in [0.4, 0.5) is 5.69 Å². The molecule has 0 saturated heterocycles. The van der Waals surface area contributed by atoms with E-state index in [1.807, 2.05) is 24.3 Å². The molecule has 1 aromatic carbocycles. The number of aliphatic hydroxyl groups is 1. The third-order valence-corrected chi connectivity index (χ3v) is 4.72. The van der Waals surface area contributed by atoms with Gasteiger partial charge >= 0.3 is 0 Å². The highest BCUT2D eigenvalue weighted by molar-refractivity contribution is 6.01. The molecule has 0 radical (unpaired) electrons. The Morgan fingerprint density at radius 1 is 1.27 bits per heavy atom. The number of carbonyl (C=O) groups is 2. The number of fused-ring (bicyclic) bond motifs is 1. The van der Waals surface area contributed by atoms with Gasteiger partial charge in [-0.15, -0.1) is 0 Å². The van der Waals surface area contributed by atoms with Crippen LogP contribution in [0.5, 0.6) is 0 Å². The molecule has 5 nitrogen and oxygen atoms in total. The van der Waals surface area contributed by atoms with E-state index >= 15 is 0 Å². The molecule has 2 N–H and O–H groups in total. The summed E-state index contributed by atoms with van der Waals surface area (Å²) in [6.07, 6.45) is 3.50. The van der Waals surface area contributed by atoms with Gasteiger partial charge in [-0.3, -0.25) is 9.59 Å². The minimum Gasteiger partial charge on any atom is -0.380 e. The number of anilines is 1. The Hall–Kier alpha value is -1.88. The molecule has 0 aromatic heterocycles. The zero-order valence-corrected chi connectivity index (χ0v) is 12.8. The Kier molecular flexibility index (Phi) is 3.91. The second-order valence-electron chi connectivity index (χ2n) is 6.30. The van der Waals surface area contributed by atoms with Gasteiger partial charge in [0.15, 0.2) is 0 Å². The van der Waals surface area contributed by atoms with Crippen LogP contribution in [0.2, 0.25) is 0 Å². The fourth-order valence-corrected chi connectivity index (χ4v) is 3.38. The number of benzene rings is 1. The van der Waals surface area contributed by atoms with Crippen LogP contribution < -0.4 is 10.2 Å². The second-order valence-corrected chi connectivity index (χ2v) is 6.30. The molecular weight excluding hydrogens is 280 g/mol. The molecule has 3 rings (SSSR count). The molecule has 118 valence electrons. The molecule has 0 spiro atoms. The van der Waals surface area contributed by atoms with Crippen molar-refractivity contribution in [3.63, 3.8) is 0 Å². The molecule has 1 fully saturated rings. The number of nitrogens with one attached hydrogen (secondary N) is 1. The standard InChI is InChI=1S/C17H22N2O3/c1-12(18-16(21)17(22)9-4-5-10-17)15(20)19-11-8-13-6-2-3-7-14(13)19/h2-3,6-7,12,22H,4-5,8-11H2,1H3,(H,18,21). The van der Waals surface area contributed by atoms with E-state index in [1.54, 1.807) is 11.8 Å². The minimum absolute atomic E-state index is 0.125. The predicted molar refractivity (Wildman–Crippen MR) is 83.5 cm³/mol. The average molecular weight is 302 g/mol. The van der Waals surface area contributed by atoms with Crippen molar-refractivity contribution < 1.29 is 14.7 Å².